The molecular weight excluding hydrogens is 376 g/mol. The molecule has 1 rings (SSSR count). The number of carbonyl (C=O) groups is 2. The minimum absolute atomic E-state index is 0.0732. The number of benzene rings is 1. The Morgan fingerprint density at radius 2 is 1.33 bits per heavy atom. The zero-order valence-electron chi connectivity index (χ0n) is 14.7. The highest BCUT2D eigenvalue weighted by molar-refractivity contribution is 9.10. The van der Waals surface area contributed by atoms with Crippen LogP contribution in [-0.2, 0) is 5.41 Å². The van der Waals surface area contributed by atoms with Crippen molar-refractivity contribution in [3.63, 3.8) is 0 Å². The fourth-order valence-electron chi connectivity index (χ4n) is 1.76. The predicted molar refractivity (Wildman–Crippen MR) is 97.6 cm³/mol. The number of hydrogen-bond donors (Lipinski definition) is 3. The Morgan fingerprint density at radius 1 is 0.958 bits per heavy atom. The Bertz CT molecular complexity index is 498. The number of carbonyl (C=O) groups excluding carboxylic acids is 2. The first-order valence-corrected chi connectivity index (χ1v) is 8.51. The standard InChI is InChI=1S/C12H13BrO2.C6H14O3/c1-12(2,3)10-4-8(6-14)11(13)9(5-10)7-15;1-2-6(3-7,4-8)5-9/h4-7H,1-3H3;7-9H,2-5H2,1H3. The van der Waals surface area contributed by atoms with E-state index < -0.39 is 5.41 Å². The van der Waals surface area contributed by atoms with Gasteiger partial charge in [-0.25, -0.2) is 0 Å². The summed E-state index contributed by atoms with van der Waals surface area (Å²) in [7, 11) is 0. The molecule has 0 spiro atoms. The van der Waals surface area contributed by atoms with E-state index in [4.69, 9.17) is 15.3 Å². The summed E-state index contributed by atoms with van der Waals surface area (Å²) in [4.78, 5) is 21.7. The van der Waals surface area contributed by atoms with Crippen LogP contribution in [0.4, 0.5) is 0 Å². The van der Waals surface area contributed by atoms with Gasteiger partial charge in [-0.15, -0.1) is 0 Å². The van der Waals surface area contributed by atoms with E-state index in [2.05, 4.69) is 15.9 Å². The molecule has 1 aromatic rings. The number of rotatable bonds is 6. The Kier molecular flexibility index (Phi) is 9.58. The molecule has 0 aliphatic rings. The van der Waals surface area contributed by atoms with Gasteiger partial charge in [-0.2, -0.15) is 0 Å². The molecule has 0 fully saturated rings. The van der Waals surface area contributed by atoms with Gasteiger partial charge < -0.3 is 15.3 Å². The van der Waals surface area contributed by atoms with Crippen molar-refractivity contribution in [2.75, 3.05) is 19.8 Å². The van der Waals surface area contributed by atoms with Gasteiger partial charge in [-0.05, 0) is 45.5 Å². The van der Waals surface area contributed by atoms with Gasteiger partial charge >= 0.3 is 0 Å². The van der Waals surface area contributed by atoms with Crippen molar-refractivity contribution in [2.24, 2.45) is 5.41 Å². The van der Waals surface area contributed by atoms with Crippen molar-refractivity contribution in [2.45, 2.75) is 39.5 Å². The van der Waals surface area contributed by atoms with E-state index in [0.29, 0.717) is 22.0 Å². The molecular formula is C18H27BrO5. The van der Waals surface area contributed by atoms with E-state index in [0.717, 1.165) is 18.1 Å². The number of aliphatic hydroxyl groups is 3. The number of aliphatic hydroxyl groups excluding tert-OH is 3. The van der Waals surface area contributed by atoms with Crippen LogP contribution >= 0.6 is 15.9 Å². The van der Waals surface area contributed by atoms with Gasteiger partial charge in [0.15, 0.2) is 12.6 Å². The van der Waals surface area contributed by atoms with Crippen LogP contribution in [0.3, 0.4) is 0 Å². The van der Waals surface area contributed by atoms with E-state index in [-0.39, 0.29) is 25.2 Å². The van der Waals surface area contributed by atoms with Crippen LogP contribution in [0.2, 0.25) is 0 Å². The van der Waals surface area contributed by atoms with E-state index in [1.165, 1.54) is 0 Å². The Balaban J connectivity index is 0.000000506. The summed E-state index contributed by atoms with van der Waals surface area (Å²) in [6.45, 7) is 7.48. The molecule has 0 atom stereocenters. The lowest BCUT2D eigenvalue weighted by molar-refractivity contribution is 0.00304. The first-order valence-electron chi connectivity index (χ1n) is 7.71. The third-order valence-electron chi connectivity index (χ3n) is 4.01. The molecule has 6 heteroatoms. The summed E-state index contributed by atoms with van der Waals surface area (Å²) in [5.41, 5.74) is 1.28. The summed E-state index contributed by atoms with van der Waals surface area (Å²) < 4.78 is 0.570. The number of aldehydes is 2. The molecule has 0 aromatic heterocycles. The first-order chi connectivity index (χ1) is 11.1. The molecule has 0 amide bonds. The number of hydrogen-bond acceptors (Lipinski definition) is 5. The first kappa shape index (κ1) is 22.9. The molecule has 3 N–H and O–H groups in total. The van der Waals surface area contributed by atoms with Crippen LogP contribution in [0, 0.1) is 5.41 Å². The Hall–Kier alpha value is -1.08. The van der Waals surface area contributed by atoms with Crippen molar-refractivity contribution in [3.05, 3.63) is 33.3 Å². The smallest absolute Gasteiger partial charge is 0.151 e. The lowest BCUT2D eigenvalue weighted by Gasteiger charge is -2.24. The van der Waals surface area contributed by atoms with Crippen LogP contribution in [0.1, 0.15) is 60.4 Å². The van der Waals surface area contributed by atoms with Crippen molar-refractivity contribution in [1.29, 1.82) is 0 Å². The third-order valence-corrected chi connectivity index (χ3v) is 4.92. The molecule has 0 saturated carbocycles. The van der Waals surface area contributed by atoms with Crippen LogP contribution < -0.4 is 0 Å². The van der Waals surface area contributed by atoms with Crippen LogP contribution in [-0.4, -0.2) is 47.7 Å². The number of halogens is 1. The molecule has 24 heavy (non-hydrogen) atoms. The summed E-state index contributed by atoms with van der Waals surface area (Å²) in [6.07, 6.45) is 2.11. The largest absolute Gasteiger partial charge is 0.396 e. The highest BCUT2D eigenvalue weighted by Gasteiger charge is 2.24. The molecule has 0 aliphatic carbocycles. The van der Waals surface area contributed by atoms with Gasteiger partial charge in [-0.1, -0.05) is 27.7 Å². The SMILES string of the molecule is CC(C)(C)c1cc(C=O)c(Br)c(C=O)c1.CCC(CO)(CO)CO. The highest BCUT2D eigenvalue weighted by Crippen LogP contribution is 2.28. The highest BCUT2D eigenvalue weighted by atomic mass is 79.9. The minimum atomic E-state index is -0.667. The topological polar surface area (TPSA) is 94.8 Å². The van der Waals surface area contributed by atoms with Gasteiger partial charge in [0.2, 0.25) is 0 Å². The average molecular weight is 403 g/mol. The molecule has 0 saturated heterocycles. The molecule has 5 nitrogen and oxygen atoms in total. The van der Waals surface area contributed by atoms with Gasteiger partial charge in [0.1, 0.15) is 0 Å². The quantitative estimate of drug-likeness (QED) is 0.635. The molecule has 0 bridgehead atoms. The van der Waals surface area contributed by atoms with E-state index in [9.17, 15) is 9.59 Å². The monoisotopic (exact) mass is 402 g/mol. The Morgan fingerprint density at radius 3 is 1.50 bits per heavy atom. The Labute approximate surface area is 151 Å². The summed E-state index contributed by atoms with van der Waals surface area (Å²) in [5, 5.41) is 26.0. The second kappa shape index (κ2) is 10.0. The van der Waals surface area contributed by atoms with Crippen LogP contribution in [0.25, 0.3) is 0 Å². The third kappa shape index (κ3) is 6.09. The lowest BCUT2D eigenvalue weighted by atomic mass is 9.85. The fourth-order valence-corrected chi connectivity index (χ4v) is 2.18. The average Bonchev–Trinajstić information content (AvgIpc) is 2.57. The van der Waals surface area contributed by atoms with Crippen LogP contribution in [0.15, 0.2) is 16.6 Å². The van der Waals surface area contributed by atoms with Crippen molar-refractivity contribution >= 4 is 28.5 Å². The zero-order chi connectivity index (χ0) is 19.0. The van der Waals surface area contributed by atoms with Gasteiger partial charge in [0, 0.05) is 21.0 Å². The summed E-state index contributed by atoms with van der Waals surface area (Å²) in [6, 6.07) is 3.62. The molecule has 1 aromatic carbocycles. The predicted octanol–water partition coefficient (Wildman–Crippen LogP) is 2.73. The van der Waals surface area contributed by atoms with Crippen molar-refractivity contribution in [3.8, 4) is 0 Å². The van der Waals surface area contributed by atoms with Crippen molar-refractivity contribution < 1.29 is 24.9 Å². The molecule has 136 valence electrons. The summed E-state index contributed by atoms with van der Waals surface area (Å²) in [5.74, 6) is 0. The van der Waals surface area contributed by atoms with Crippen molar-refractivity contribution in [1.82, 2.24) is 0 Å². The van der Waals surface area contributed by atoms with E-state index in [1.54, 1.807) is 0 Å². The van der Waals surface area contributed by atoms with E-state index >= 15 is 0 Å². The maximum absolute atomic E-state index is 10.8. The second-order valence-electron chi connectivity index (χ2n) is 6.78. The lowest BCUT2D eigenvalue weighted by Crippen LogP contribution is -2.32. The van der Waals surface area contributed by atoms with E-state index in [1.807, 2.05) is 39.8 Å². The van der Waals surface area contributed by atoms with Crippen LogP contribution in [0.5, 0.6) is 0 Å². The normalized spacial score (nSPS) is 11.5. The fraction of sp³-hybridized carbons (Fsp3) is 0.556. The molecule has 0 aliphatic heterocycles. The summed E-state index contributed by atoms with van der Waals surface area (Å²) >= 11 is 3.24. The zero-order valence-corrected chi connectivity index (χ0v) is 16.3. The molecule has 0 heterocycles. The van der Waals surface area contributed by atoms with Gasteiger partial charge in [0.25, 0.3) is 0 Å². The maximum atomic E-state index is 10.8. The van der Waals surface area contributed by atoms with Gasteiger partial charge in [-0.3, -0.25) is 9.59 Å². The maximum Gasteiger partial charge on any atom is 0.151 e. The molecule has 0 radical (unpaired) electrons. The minimum Gasteiger partial charge on any atom is -0.396 e. The second-order valence-corrected chi connectivity index (χ2v) is 7.58. The van der Waals surface area contributed by atoms with Gasteiger partial charge in [0.05, 0.1) is 19.8 Å². The molecule has 0 unspecified atom stereocenters.